The Morgan fingerprint density at radius 1 is 1.11 bits per heavy atom. The summed E-state index contributed by atoms with van der Waals surface area (Å²) in [7, 11) is 0. The van der Waals surface area contributed by atoms with Crippen LogP contribution in [0.3, 0.4) is 0 Å². The van der Waals surface area contributed by atoms with E-state index in [1.807, 2.05) is 24.0 Å². The predicted octanol–water partition coefficient (Wildman–Crippen LogP) is 2.70. The summed E-state index contributed by atoms with van der Waals surface area (Å²) in [4.78, 5) is 28.0. The van der Waals surface area contributed by atoms with Crippen LogP contribution in [0, 0.1) is 18.8 Å². The predicted molar refractivity (Wildman–Crippen MR) is 104 cm³/mol. The van der Waals surface area contributed by atoms with Crippen molar-refractivity contribution in [2.24, 2.45) is 11.8 Å². The molecular formula is C21H27N5O. The Balaban J connectivity index is 1.41. The SMILES string of the molecule is Cc1nc(-c2cccnc2)ncc1C(=O)N1CCC(C2CCNCC2)CC1. The molecular weight excluding hydrogens is 338 g/mol. The van der Waals surface area contributed by atoms with Crippen LogP contribution in [0.2, 0.25) is 0 Å². The highest BCUT2D eigenvalue weighted by Gasteiger charge is 2.30. The molecule has 6 nitrogen and oxygen atoms in total. The number of aryl methyl sites for hydroxylation is 1. The Morgan fingerprint density at radius 3 is 2.52 bits per heavy atom. The number of rotatable bonds is 3. The lowest BCUT2D eigenvalue weighted by Crippen LogP contribution is -2.42. The summed E-state index contributed by atoms with van der Waals surface area (Å²) in [5.74, 6) is 2.27. The smallest absolute Gasteiger partial charge is 0.257 e. The van der Waals surface area contributed by atoms with E-state index in [1.165, 1.54) is 12.8 Å². The van der Waals surface area contributed by atoms with Crippen molar-refractivity contribution in [2.45, 2.75) is 32.6 Å². The summed E-state index contributed by atoms with van der Waals surface area (Å²) in [5.41, 5.74) is 2.21. The first-order chi connectivity index (χ1) is 13.2. The zero-order valence-corrected chi connectivity index (χ0v) is 15.9. The summed E-state index contributed by atoms with van der Waals surface area (Å²) in [5, 5.41) is 3.44. The number of hydrogen-bond donors (Lipinski definition) is 1. The fraction of sp³-hybridized carbons (Fsp3) is 0.524. The molecule has 2 fully saturated rings. The van der Waals surface area contributed by atoms with Gasteiger partial charge < -0.3 is 10.2 Å². The number of carbonyl (C=O) groups is 1. The fourth-order valence-electron chi connectivity index (χ4n) is 4.37. The topological polar surface area (TPSA) is 71.0 Å². The van der Waals surface area contributed by atoms with Crippen LogP contribution in [0.1, 0.15) is 41.7 Å². The normalized spacial score (nSPS) is 19.2. The van der Waals surface area contributed by atoms with Crippen molar-refractivity contribution in [3.05, 3.63) is 42.0 Å². The van der Waals surface area contributed by atoms with Crippen LogP contribution < -0.4 is 5.32 Å². The van der Waals surface area contributed by atoms with Crippen LogP contribution in [0.5, 0.6) is 0 Å². The second-order valence-electron chi connectivity index (χ2n) is 7.65. The van der Waals surface area contributed by atoms with E-state index in [0.29, 0.717) is 11.4 Å². The van der Waals surface area contributed by atoms with Gasteiger partial charge >= 0.3 is 0 Å². The molecule has 2 aliphatic rings. The first kappa shape index (κ1) is 18.0. The Morgan fingerprint density at radius 2 is 1.85 bits per heavy atom. The van der Waals surface area contributed by atoms with Gasteiger partial charge in [0.25, 0.3) is 5.91 Å². The third-order valence-corrected chi connectivity index (χ3v) is 6.01. The molecule has 4 rings (SSSR count). The van der Waals surface area contributed by atoms with E-state index >= 15 is 0 Å². The second kappa shape index (κ2) is 8.13. The van der Waals surface area contributed by atoms with Crippen molar-refractivity contribution in [1.82, 2.24) is 25.2 Å². The number of pyridine rings is 1. The van der Waals surface area contributed by atoms with Gasteiger partial charge in [-0.3, -0.25) is 9.78 Å². The summed E-state index contributed by atoms with van der Waals surface area (Å²) in [6, 6.07) is 3.79. The van der Waals surface area contributed by atoms with Crippen LogP contribution in [0.4, 0.5) is 0 Å². The van der Waals surface area contributed by atoms with Crippen molar-refractivity contribution >= 4 is 5.91 Å². The zero-order chi connectivity index (χ0) is 18.6. The number of aromatic nitrogens is 3. The van der Waals surface area contributed by atoms with Gasteiger partial charge in [0.05, 0.1) is 11.3 Å². The van der Waals surface area contributed by atoms with Gasteiger partial charge in [-0.2, -0.15) is 0 Å². The van der Waals surface area contributed by atoms with Gasteiger partial charge in [0, 0.05) is 37.2 Å². The van der Waals surface area contributed by atoms with Gasteiger partial charge in [-0.25, -0.2) is 9.97 Å². The van der Waals surface area contributed by atoms with Crippen molar-refractivity contribution in [2.75, 3.05) is 26.2 Å². The van der Waals surface area contributed by atoms with Crippen LogP contribution in [-0.4, -0.2) is 51.9 Å². The molecule has 142 valence electrons. The Labute approximate surface area is 160 Å². The molecule has 0 aromatic carbocycles. The molecule has 0 atom stereocenters. The lowest BCUT2D eigenvalue weighted by atomic mass is 9.79. The van der Waals surface area contributed by atoms with Crippen LogP contribution >= 0.6 is 0 Å². The average Bonchev–Trinajstić information content (AvgIpc) is 2.74. The maximum atomic E-state index is 13.0. The molecule has 1 amide bonds. The lowest BCUT2D eigenvalue weighted by Gasteiger charge is -2.37. The Bertz CT molecular complexity index is 780. The number of carbonyl (C=O) groups excluding carboxylic acids is 1. The molecule has 0 unspecified atom stereocenters. The van der Waals surface area contributed by atoms with Gasteiger partial charge in [-0.05, 0) is 69.7 Å². The van der Waals surface area contributed by atoms with Crippen molar-refractivity contribution < 1.29 is 4.79 Å². The van der Waals surface area contributed by atoms with Gasteiger partial charge in [-0.15, -0.1) is 0 Å². The van der Waals surface area contributed by atoms with E-state index in [9.17, 15) is 4.79 Å². The van der Waals surface area contributed by atoms with Crippen LogP contribution in [0.25, 0.3) is 11.4 Å². The lowest BCUT2D eigenvalue weighted by molar-refractivity contribution is 0.0640. The van der Waals surface area contributed by atoms with Crippen LogP contribution in [0.15, 0.2) is 30.7 Å². The molecule has 27 heavy (non-hydrogen) atoms. The quantitative estimate of drug-likeness (QED) is 0.905. The molecule has 6 heteroatoms. The van der Waals surface area contributed by atoms with E-state index < -0.39 is 0 Å². The van der Waals surface area contributed by atoms with Gasteiger partial charge in [0.2, 0.25) is 0 Å². The molecule has 2 saturated heterocycles. The Kier molecular flexibility index (Phi) is 5.43. The average molecular weight is 365 g/mol. The van der Waals surface area contributed by atoms with Crippen LogP contribution in [-0.2, 0) is 0 Å². The summed E-state index contributed by atoms with van der Waals surface area (Å²) in [6.07, 6.45) is 9.92. The summed E-state index contributed by atoms with van der Waals surface area (Å²) in [6.45, 7) is 5.86. The standard InChI is InChI=1S/C21H27N5O/c1-15-19(14-24-20(25-15)18-3-2-8-23-13-18)21(27)26-11-6-17(7-12-26)16-4-9-22-10-5-16/h2-3,8,13-14,16-17,22H,4-7,9-12H2,1H3. The molecule has 0 saturated carbocycles. The molecule has 2 aliphatic heterocycles. The molecule has 0 radical (unpaired) electrons. The van der Waals surface area contributed by atoms with E-state index in [4.69, 9.17) is 0 Å². The van der Waals surface area contributed by atoms with Gasteiger partial charge in [0.1, 0.15) is 0 Å². The summed E-state index contributed by atoms with van der Waals surface area (Å²) >= 11 is 0. The third-order valence-electron chi connectivity index (χ3n) is 6.01. The first-order valence-corrected chi connectivity index (χ1v) is 9.96. The fourth-order valence-corrected chi connectivity index (χ4v) is 4.37. The van der Waals surface area contributed by atoms with Crippen molar-refractivity contribution in [3.8, 4) is 11.4 Å². The summed E-state index contributed by atoms with van der Waals surface area (Å²) < 4.78 is 0. The molecule has 0 aliphatic carbocycles. The third kappa shape index (κ3) is 4.00. The minimum Gasteiger partial charge on any atom is -0.339 e. The highest BCUT2D eigenvalue weighted by atomic mass is 16.2. The zero-order valence-electron chi connectivity index (χ0n) is 15.9. The largest absolute Gasteiger partial charge is 0.339 e. The second-order valence-corrected chi connectivity index (χ2v) is 7.65. The van der Waals surface area contributed by atoms with E-state index in [-0.39, 0.29) is 5.91 Å². The minimum atomic E-state index is 0.0639. The highest BCUT2D eigenvalue weighted by molar-refractivity contribution is 5.95. The van der Waals surface area contributed by atoms with E-state index in [2.05, 4.69) is 20.3 Å². The molecule has 0 bridgehead atoms. The monoisotopic (exact) mass is 365 g/mol. The molecule has 1 N–H and O–H groups in total. The van der Waals surface area contributed by atoms with Gasteiger partial charge in [0.15, 0.2) is 5.82 Å². The number of piperidine rings is 2. The van der Waals surface area contributed by atoms with Gasteiger partial charge in [-0.1, -0.05) is 0 Å². The Hall–Kier alpha value is -2.34. The van der Waals surface area contributed by atoms with Crippen molar-refractivity contribution in [1.29, 1.82) is 0 Å². The maximum absolute atomic E-state index is 13.0. The first-order valence-electron chi connectivity index (χ1n) is 9.96. The maximum Gasteiger partial charge on any atom is 0.257 e. The number of nitrogens with zero attached hydrogens (tertiary/aromatic N) is 4. The van der Waals surface area contributed by atoms with E-state index in [0.717, 1.165) is 62.1 Å². The number of likely N-dealkylation sites (tertiary alicyclic amines) is 1. The minimum absolute atomic E-state index is 0.0639. The molecule has 2 aromatic heterocycles. The molecule has 2 aromatic rings. The van der Waals surface area contributed by atoms with Crippen molar-refractivity contribution in [3.63, 3.8) is 0 Å². The molecule has 4 heterocycles. The highest BCUT2D eigenvalue weighted by Crippen LogP contribution is 2.31. The molecule has 0 spiro atoms. The number of nitrogens with one attached hydrogen (secondary N) is 1. The number of amides is 1. The number of hydrogen-bond acceptors (Lipinski definition) is 5. The van der Waals surface area contributed by atoms with E-state index in [1.54, 1.807) is 18.6 Å².